The first-order chi connectivity index (χ1) is 8.49. The highest BCUT2D eigenvalue weighted by Crippen LogP contribution is 2.22. The molecule has 0 aliphatic rings. The number of carbonyl (C=O) groups is 1. The van der Waals surface area contributed by atoms with Gasteiger partial charge in [-0.05, 0) is 30.7 Å². The van der Waals surface area contributed by atoms with Crippen molar-refractivity contribution in [1.82, 2.24) is 10.2 Å². The average molecular weight is 250 g/mol. The Morgan fingerprint density at radius 1 is 1.22 bits per heavy atom. The van der Waals surface area contributed by atoms with Crippen molar-refractivity contribution >= 4 is 5.97 Å². The van der Waals surface area contributed by atoms with Crippen molar-refractivity contribution in [3.63, 3.8) is 0 Å². The van der Waals surface area contributed by atoms with E-state index in [1.807, 2.05) is 0 Å². The molecule has 0 saturated heterocycles. The van der Waals surface area contributed by atoms with Crippen molar-refractivity contribution in [2.45, 2.75) is 6.92 Å². The van der Waals surface area contributed by atoms with E-state index in [1.165, 1.54) is 19.1 Å². The number of hydrogen-bond acceptors (Lipinski definition) is 3. The van der Waals surface area contributed by atoms with E-state index in [-0.39, 0.29) is 17.0 Å². The molecule has 1 aromatic carbocycles. The first kappa shape index (κ1) is 12.1. The molecule has 2 rings (SSSR count). The maximum absolute atomic E-state index is 13.5. The highest BCUT2D eigenvalue weighted by atomic mass is 19.1. The summed E-state index contributed by atoms with van der Waals surface area (Å²) in [5.74, 6) is -2.67. The van der Waals surface area contributed by atoms with Gasteiger partial charge in [-0.3, -0.25) is 0 Å². The molecule has 0 aliphatic heterocycles. The van der Waals surface area contributed by atoms with Gasteiger partial charge in [0.05, 0.1) is 5.69 Å². The zero-order chi connectivity index (χ0) is 13.3. The maximum atomic E-state index is 13.5. The van der Waals surface area contributed by atoms with Gasteiger partial charge < -0.3 is 5.11 Å². The monoisotopic (exact) mass is 250 g/mol. The zero-order valence-corrected chi connectivity index (χ0v) is 9.32. The lowest BCUT2D eigenvalue weighted by molar-refractivity contribution is 0.0688. The minimum atomic E-state index is -1.20. The Hall–Kier alpha value is -2.37. The van der Waals surface area contributed by atoms with Crippen molar-refractivity contribution in [2.24, 2.45) is 0 Å². The Labute approximate surface area is 101 Å². The van der Waals surface area contributed by atoms with Crippen LogP contribution in [-0.2, 0) is 0 Å². The van der Waals surface area contributed by atoms with Crippen molar-refractivity contribution in [2.75, 3.05) is 0 Å². The fraction of sp³-hybridized carbons (Fsp3) is 0.0833. The molecule has 4 nitrogen and oxygen atoms in total. The topological polar surface area (TPSA) is 63.1 Å². The summed E-state index contributed by atoms with van der Waals surface area (Å²) in [5.41, 5.74) is 0.399. The molecule has 2 aromatic rings. The van der Waals surface area contributed by atoms with Crippen LogP contribution in [0.3, 0.4) is 0 Å². The van der Waals surface area contributed by atoms with Crippen LogP contribution in [0.1, 0.15) is 16.1 Å². The molecule has 6 heteroatoms. The second kappa shape index (κ2) is 4.48. The van der Waals surface area contributed by atoms with Gasteiger partial charge in [-0.2, -0.15) is 0 Å². The number of halogens is 2. The van der Waals surface area contributed by atoms with Crippen LogP contribution in [0.15, 0.2) is 24.3 Å². The van der Waals surface area contributed by atoms with Gasteiger partial charge in [0.2, 0.25) is 0 Å². The average Bonchev–Trinajstić information content (AvgIpc) is 2.28. The highest BCUT2D eigenvalue weighted by Gasteiger charge is 2.13. The third-order valence-corrected chi connectivity index (χ3v) is 2.39. The third-order valence-electron chi connectivity index (χ3n) is 2.39. The van der Waals surface area contributed by atoms with Crippen molar-refractivity contribution < 1.29 is 18.7 Å². The number of benzene rings is 1. The second-order valence-corrected chi connectivity index (χ2v) is 3.69. The van der Waals surface area contributed by atoms with Gasteiger partial charge in [0.15, 0.2) is 5.69 Å². The summed E-state index contributed by atoms with van der Waals surface area (Å²) in [6.07, 6.45) is 0. The predicted molar refractivity (Wildman–Crippen MR) is 59.1 cm³/mol. The van der Waals surface area contributed by atoms with Crippen LogP contribution >= 0.6 is 0 Å². The number of aryl methyl sites for hydroxylation is 1. The summed E-state index contributed by atoms with van der Waals surface area (Å²) in [5, 5.41) is 15.9. The minimum Gasteiger partial charge on any atom is -0.476 e. The molecule has 18 heavy (non-hydrogen) atoms. The van der Waals surface area contributed by atoms with E-state index in [0.717, 1.165) is 12.1 Å². The molecule has 1 aromatic heterocycles. The number of hydrogen-bond donors (Lipinski definition) is 1. The van der Waals surface area contributed by atoms with Crippen LogP contribution < -0.4 is 0 Å². The molecule has 0 atom stereocenters. The molecular formula is C12H8F2N2O2. The number of carboxylic acid groups (broad SMARTS) is 1. The Bertz CT molecular complexity index is 629. The smallest absolute Gasteiger partial charge is 0.356 e. The Kier molecular flexibility index (Phi) is 3.01. The summed E-state index contributed by atoms with van der Waals surface area (Å²) in [7, 11) is 0. The molecule has 0 spiro atoms. The quantitative estimate of drug-likeness (QED) is 0.889. The molecule has 1 heterocycles. The van der Waals surface area contributed by atoms with Gasteiger partial charge in [-0.15, -0.1) is 10.2 Å². The van der Waals surface area contributed by atoms with E-state index in [0.29, 0.717) is 5.56 Å². The minimum absolute atomic E-state index is 0.0731. The zero-order valence-electron chi connectivity index (χ0n) is 9.32. The number of aromatic carboxylic acids is 1. The van der Waals surface area contributed by atoms with E-state index in [1.54, 1.807) is 0 Å². The third kappa shape index (κ3) is 2.17. The summed E-state index contributed by atoms with van der Waals surface area (Å²) >= 11 is 0. The van der Waals surface area contributed by atoms with Gasteiger partial charge >= 0.3 is 5.97 Å². The Balaban J connectivity index is 2.52. The van der Waals surface area contributed by atoms with Crippen LogP contribution in [0.5, 0.6) is 0 Å². The van der Waals surface area contributed by atoms with Gasteiger partial charge in [0.25, 0.3) is 0 Å². The second-order valence-electron chi connectivity index (χ2n) is 3.69. The van der Waals surface area contributed by atoms with E-state index in [2.05, 4.69) is 10.2 Å². The van der Waals surface area contributed by atoms with Crippen molar-refractivity contribution in [1.29, 1.82) is 0 Å². The number of carboxylic acids is 1. The fourth-order valence-corrected chi connectivity index (χ4v) is 1.53. The summed E-state index contributed by atoms with van der Waals surface area (Å²) in [4.78, 5) is 10.8. The van der Waals surface area contributed by atoms with Crippen LogP contribution in [-0.4, -0.2) is 21.3 Å². The normalized spacial score (nSPS) is 10.4. The summed E-state index contributed by atoms with van der Waals surface area (Å²) in [6.45, 7) is 1.53. The number of aromatic nitrogens is 2. The summed E-state index contributed by atoms with van der Waals surface area (Å²) in [6, 6.07) is 4.46. The van der Waals surface area contributed by atoms with Crippen molar-refractivity contribution in [3.05, 3.63) is 47.2 Å². The summed E-state index contributed by atoms with van der Waals surface area (Å²) < 4.78 is 26.3. The van der Waals surface area contributed by atoms with Gasteiger partial charge in [-0.25, -0.2) is 13.6 Å². The molecular weight excluding hydrogens is 242 g/mol. The molecule has 0 saturated carbocycles. The van der Waals surface area contributed by atoms with Crippen LogP contribution in [0, 0.1) is 18.6 Å². The molecule has 0 amide bonds. The van der Waals surface area contributed by atoms with Crippen LogP contribution in [0.2, 0.25) is 0 Å². The maximum Gasteiger partial charge on any atom is 0.356 e. The number of nitrogens with zero attached hydrogens (tertiary/aromatic N) is 2. The molecule has 92 valence electrons. The first-order valence-electron chi connectivity index (χ1n) is 5.02. The lowest BCUT2D eigenvalue weighted by Crippen LogP contribution is -2.06. The van der Waals surface area contributed by atoms with Gasteiger partial charge in [-0.1, -0.05) is 0 Å². The van der Waals surface area contributed by atoms with E-state index < -0.39 is 17.6 Å². The van der Waals surface area contributed by atoms with Gasteiger partial charge in [0, 0.05) is 11.6 Å². The standard InChI is InChI=1S/C12H8F2N2O2/c1-6-4-10(15-16-11(6)12(17)18)8-3-2-7(13)5-9(8)14/h2-5H,1H3,(H,17,18). The van der Waals surface area contributed by atoms with E-state index in [9.17, 15) is 13.6 Å². The Morgan fingerprint density at radius 3 is 2.50 bits per heavy atom. The molecule has 1 N–H and O–H groups in total. The van der Waals surface area contributed by atoms with E-state index >= 15 is 0 Å². The predicted octanol–water partition coefficient (Wildman–Crippen LogP) is 2.43. The fourth-order valence-electron chi connectivity index (χ4n) is 1.53. The number of rotatable bonds is 2. The molecule has 0 aliphatic carbocycles. The Morgan fingerprint density at radius 2 is 1.94 bits per heavy atom. The largest absolute Gasteiger partial charge is 0.476 e. The molecule has 0 radical (unpaired) electrons. The van der Waals surface area contributed by atoms with Crippen molar-refractivity contribution in [3.8, 4) is 11.3 Å². The molecule has 0 fully saturated rings. The lowest BCUT2D eigenvalue weighted by Gasteiger charge is -2.04. The van der Waals surface area contributed by atoms with Crippen LogP contribution in [0.4, 0.5) is 8.78 Å². The highest BCUT2D eigenvalue weighted by molar-refractivity contribution is 5.87. The van der Waals surface area contributed by atoms with Gasteiger partial charge in [0.1, 0.15) is 11.6 Å². The molecule has 0 bridgehead atoms. The molecule has 0 unspecified atom stereocenters. The lowest BCUT2D eigenvalue weighted by atomic mass is 10.1. The van der Waals surface area contributed by atoms with E-state index in [4.69, 9.17) is 5.11 Å². The SMILES string of the molecule is Cc1cc(-c2ccc(F)cc2F)nnc1C(=O)O. The first-order valence-corrected chi connectivity index (χ1v) is 5.02. The van der Waals surface area contributed by atoms with Crippen LogP contribution in [0.25, 0.3) is 11.3 Å².